The lowest BCUT2D eigenvalue weighted by Gasteiger charge is -2.06. The van der Waals surface area contributed by atoms with Crippen LogP contribution in [0, 0.1) is 6.92 Å². The Morgan fingerprint density at radius 1 is 1.16 bits per heavy atom. The second-order valence-electron chi connectivity index (χ2n) is 5.49. The Hall–Kier alpha value is -3.22. The SMILES string of the molecule is COc1ccc(-n2nnc(C(=O)NCCc3ccncc3)c2C)cc1. The van der Waals surface area contributed by atoms with Crippen molar-refractivity contribution in [1.29, 1.82) is 0 Å². The molecule has 0 radical (unpaired) electrons. The van der Waals surface area contributed by atoms with Crippen LogP contribution in [-0.2, 0) is 6.42 Å². The van der Waals surface area contributed by atoms with Crippen LogP contribution in [0.3, 0.4) is 0 Å². The smallest absolute Gasteiger partial charge is 0.273 e. The summed E-state index contributed by atoms with van der Waals surface area (Å²) in [5.41, 5.74) is 2.95. The lowest BCUT2D eigenvalue weighted by atomic mass is 10.2. The van der Waals surface area contributed by atoms with Gasteiger partial charge in [0.15, 0.2) is 5.69 Å². The first-order chi connectivity index (χ1) is 12.2. The minimum absolute atomic E-state index is 0.230. The van der Waals surface area contributed by atoms with E-state index in [2.05, 4.69) is 20.6 Å². The summed E-state index contributed by atoms with van der Waals surface area (Å²) in [5, 5.41) is 11.0. The molecule has 2 aromatic heterocycles. The first kappa shape index (κ1) is 16.6. The number of hydrogen-bond donors (Lipinski definition) is 1. The Labute approximate surface area is 145 Å². The molecule has 0 aliphatic rings. The van der Waals surface area contributed by atoms with E-state index in [4.69, 9.17) is 4.74 Å². The zero-order valence-corrected chi connectivity index (χ0v) is 14.1. The van der Waals surface area contributed by atoms with E-state index in [0.717, 1.165) is 23.4 Å². The van der Waals surface area contributed by atoms with E-state index in [1.165, 1.54) is 0 Å². The number of carbonyl (C=O) groups excluding carboxylic acids is 1. The van der Waals surface area contributed by atoms with Crippen LogP contribution in [0.25, 0.3) is 5.69 Å². The predicted molar refractivity (Wildman–Crippen MR) is 92.9 cm³/mol. The molecule has 7 heteroatoms. The molecule has 1 aromatic carbocycles. The number of hydrogen-bond acceptors (Lipinski definition) is 5. The van der Waals surface area contributed by atoms with Gasteiger partial charge in [-0.05, 0) is 55.3 Å². The van der Waals surface area contributed by atoms with E-state index in [0.29, 0.717) is 17.9 Å². The van der Waals surface area contributed by atoms with Crippen molar-refractivity contribution < 1.29 is 9.53 Å². The summed E-state index contributed by atoms with van der Waals surface area (Å²) in [6, 6.07) is 11.3. The van der Waals surface area contributed by atoms with Crippen molar-refractivity contribution in [1.82, 2.24) is 25.3 Å². The fourth-order valence-corrected chi connectivity index (χ4v) is 2.46. The first-order valence-electron chi connectivity index (χ1n) is 7.93. The third-order valence-corrected chi connectivity index (χ3v) is 3.88. The van der Waals surface area contributed by atoms with Crippen LogP contribution in [0.1, 0.15) is 21.7 Å². The van der Waals surface area contributed by atoms with Crippen molar-refractivity contribution in [2.75, 3.05) is 13.7 Å². The molecule has 128 valence electrons. The summed E-state index contributed by atoms with van der Waals surface area (Å²) in [6.45, 7) is 2.35. The highest BCUT2D eigenvalue weighted by molar-refractivity contribution is 5.93. The maximum absolute atomic E-state index is 12.3. The fourth-order valence-electron chi connectivity index (χ4n) is 2.46. The van der Waals surface area contributed by atoms with Gasteiger partial charge in [-0.3, -0.25) is 9.78 Å². The summed E-state index contributed by atoms with van der Waals surface area (Å²) < 4.78 is 6.78. The highest BCUT2D eigenvalue weighted by Crippen LogP contribution is 2.16. The lowest BCUT2D eigenvalue weighted by Crippen LogP contribution is -2.26. The fraction of sp³-hybridized carbons (Fsp3) is 0.222. The Bertz CT molecular complexity index is 844. The van der Waals surface area contributed by atoms with Gasteiger partial charge in [0.05, 0.1) is 18.5 Å². The van der Waals surface area contributed by atoms with Crippen molar-refractivity contribution in [2.24, 2.45) is 0 Å². The van der Waals surface area contributed by atoms with Crippen LogP contribution in [0.5, 0.6) is 5.75 Å². The monoisotopic (exact) mass is 337 g/mol. The Kier molecular flexibility index (Phi) is 5.03. The Morgan fingerprint density at radius 3 is 2.56 bits per heavy atom. The van der Waals surface area contributed by atoms with Gasteiger partial charge in [0.2, 0.25) is 0 Å². The third-order valence-electron chi connectivity index (χ3n) is 3.88. The average molecular weight is 337 g/mol. The molecule has 0 unspecified atom stereocenters. The number of ether oxygens (including phenoxy) is 1. The molecule has 0 fully saturated rings. The molecule has 7 nitrogen and oxygen atoms in total. The zero-order chi connectivity index (χ0) is 17.6. The predicted octanol–water partition coefficient (Wildman–Crippen LogP) is 1.95. The molecule has 25 heavy (non-hydrogen) atoms. The highest BCUT2D eigenvalue weighted by atomic mass is 16.5. The maximum Gasteiger partial charge on any atom is 0.273 e. The minimum atomic E-state index is -0.230. The molecule has 0 saturated heterocycles. The van der Waals surface area contributed by atoms with E-state index in [1.54, 1.807) is 24.2 Å². The second kappa shape index (κ2) is 7.57. The molecule has 3 aromatic rings. The van der Waals surface area contributed by atoms with E-state index >= 15 is 0 Å². The van der Waals surface area contributed by atoms with E-state index < -0.39 is 0 Å². The number of pyridine rings is 1. The van der Waals surface area contributed by atoms with E-state index in [1.807, 2.05) is 43.3 Å². The van der Waals surface area contributed by atoms with Gasteiger partial charge in [0.25, 0.3) is 5.91 Å². The lowest BCUT2D eigenvalue weighted by molar-refractivity contribution is 0.0948. The Balaban J connectivity index is 1.66. The van der Waals surface area contributed by atoms with Gasteiger partial charge < -0.3 is 10.1 Å². The van der Waals surface area contributed by atoms with E-state index in [9.17, 15) is 4.79 Å². The molecular formula is C18H19N5O2. The number of aromatic nitrogens is 4. The minimum Gasteiger partial charge on any atom is -0.497 e. The number of amides is 1. The molecule has 1 amide bonds. The van der Waals surface area contributed by atoms with Crippen molar-refractivity contribution >= 4 is 5.91 Å². The molecule has 0 aliphatic carbocycles. The normalized spacial score (nSPS) is 10.5. The quantitative estimate of drug-likeness (QED) is 0.743. The van der Waals surface area contributed by atoms with Gasteiger partial charge in [0, 0.05) is 18.9 Å². The summed E-state index contributed by atoms with van der Waals surface area (Å²) in [5.74, 6) is 0.530. The van der Waals surface area contributed by atoms with Crippen LogP contribution >= 0.6 is 0 Å². The number of nitrogens with one attached hydrogen (secondary N) is 1. The summed E-state index contributed by atoms with van der Waals surface area (Å²) in [4.78, 5) is 16.3. The molecule has 2 heterocycles. The largest absolute Gasteiger partial charge is 0.497 e. The number of methoxy groups -OCH3 is 1. The van der Waals surface area contributed by atoms with Gasteiger partial charge in [-0.25, -0.2) is 4.68 Å². The average Bonchev–Trinajstić information content (AvgIpc) is 3.04. The second-order valence-corrected chi connectivity index (χ2v) is 5.49. The molecule has 0 spiro atoms. The summed E-state index contributed by atoms with van der Waals surface area (Å²) >= 11 is 0. The van der Waals surface area contributed by atoms with Crippen molar-refractivity contribution in [3.05, 3.63) is 65.7 Å². The number of benzene rings is 1. The van der Waals surface area contributed by atoms with Crippen LogP contribution in [-0.4, -0.2) is 39.5 Å². The standard InChI is InChI=1S/C18H19N5O2/c1-13-17(18(24)20-12-9-14-7-10-19-11-8-14)21-22-23(13)15-3-5-16(25-2)6-4-15/h3-8,10-11H,9,12H2,1-2H3,(H,20,24). The molecule has 1 N–H and O–H groups in total. The molecular weight excluding hydrogens is 318 g/mol. The maximum atomic E-state index is 12.3. The third kappa shape index (κ3) is 3.82. The van der Waals surface area contributed by atoms with Crippen LogP contribution in [0.4, 0.5) is 0 Å². The molecule has 0 bridgehead atoms. The van der Waals surface area contributed by atoms with Gasteiger partial charge in [-0.2, -0.15) is 0 Å². The van der Waals surface area contributed by atoms with Gasteiger partial charge in [-0.1, -0.05) is 5.21 Å². The van der Waals surface area contributed by atoms with Gasteiger partial charge >= 0.3 is 0 Å². The first-order valence-corrected chi connectivity index (χ1v) is 7.93. The Morgan fingerprint density at radius 2 is 1.88 bits per heavy atom. The van der Waals surface area contributed by atoms with Crippen molar-refractivity contribution in [3.63, 3.8) is 0 Å². The number of carbonyl (C=O) groups is 1. The molecule has 0 saturated carbocycles. The van der Waals surface area contributed by atoms with Crippen LogP contribution in [0.15, 0.2) is 48.8 Å². The summed E-state index contributed by atoms with van der Waals surface area (Å²) in [6.07, 6.45) is 4.21. The molecule has 0 aliphatic heterocycles. The van der Waals surface area contributed by atoms with Gasteiger partial charge in [-0.15, -0.1) is 5.10 Å². The molecule has 0 atom stereocenters. The zero-order valence-electron chi connectivity index (χ0n) is 14.1. The number of nitrogens with zero attached hydrogens (tertiary/aromatic N) is 4. The van der Waals surface area contributed by atoms with Crippen molar-refractivity contribution in [3.8, 4) is 11.4 Å². The van der Waals surface area contributed by atoms with Crippen molar-refractivity contribution in [2.45, 2.75) is 13.3 Å². The number of rotatable bonds is 6. The molecule has 3 rings (SSSR count). The van der Waals surface area contributed by atoms with Crippen LogP contribution in [0.2, 0.25) is 0 Å². The highest BCUT2D eigenvalue weighted by Gasteiger charge is 2.17. The topological polar surface area (TPSA) is 81.9 Å². The van der Waals surface area contributed by atoms with Gasteiger partial charge in [0.1, 0.15) is 5.75 Å². The van der Waals surface area contributed by atoms with E-state index in [-0.39, 0.29) is 5.91 Å². The van der Waals surface area contributed by atoms with Crippen LogP contribution < -0.4 is 10.1 Å². The summed E-state index contributed by atoms with van der Waals surface area (Å²) in [7, 11) is 1.62.